The molecule has 1 aliphatic heterocycles. The topological polar surface area (TPSA) is 44.2 Å². The van der Waals surface area contributed by atoms with E-state index in [1.54, 1.807) is 6.20 Å². The molecule has 0 atom stereocenters. The van der Waals surface area contributed by atoms with Gasteiger partial charge in [0.25, 0.3) is 0 Å². The van der Waals surface area contributed by atoms with Crippen molar-refractivity contribution in [2.24, 2.45) is 5.41 Å². The molecular formula is C9H13BN2O2. The van der Waals surface area contributed by atoms with Gasteiger partial charge in [-0.2, -0.15) is 0 Å². The van der Waals surface area contributed by atoms with Crippen LogP contribution in [-0.4, -0.2) is 30.3 Å². The second-order valence-electron chi connectivity index (χ2n) is 4.25. The number of hydrogen-bond donors (Lipinski definition) is 0. The molecule has 0 saturated carbocycles. The first-order valence-corrected chi connectivity index (χ1v) is 4.66. The van der Waals surface area contributed by atoms with Crippen LogP contribution < -0.4 is 5.59 Å². The van der Waals surface area contributed by atoms with E-state index < -0.39 is 0 Å². The minimum absolute atomic E-state index is 0.101. The summed E-state index contributed by atoms with van der Waals surface area (Å²) in [6.07, 6.45) is 3.19. The molecule has 14 heavy (non-hydrogen) atoms. The lowest BCUT2D eigenvalue weighted by Gasteiger charge is -2.32. The Balaban J connectivity index is 2.03. The first-order valence-electron chi connectivity index (χ1n) is 4.66. The Morgan fingerprint density at radius 2 is 2.07 bits per heavy atom. The first-order chi connectivity index (χ1) is 6.67. The van der Waals surface area contributed by atoms with Crippen LogP contribution in [0.5, 0.6) is 0 Å². The molecule has 0 N–H and O–H groups in total. The zero-order valence-electron chi connectivity index (χ0n) is 8.43. The Hall–Kier alpha value is -0.935. The lowest BCUT2D eigenvalue weighted by Crippen LogP contribution is -2.48. The predicted molar refractivity (Wildman–Crippen MR) is 53.1 cm³/mol. The molecule has 2 heterocycles. The van der Waals surface area contributed by atoms with Crippen molar-refractivity contribution in [3.8, 4) is 0 Å². The van der Waals surface area contributed by atoms with Gasteiger partial charge in [-0.05, 0) is 6.07 Å². The van der Waals surface area contributed by atoms with E-state index in [1.165, 1.54) is 6.33 Å². The maximum absolute atomic E-state index is 5.57. The molecule has 1 aliphatic rings. The molecule has 0 bridgehead atoms. The Kier molecular flexibility index (Phi) is 2.52. The molecule has 1 aromatic rings. The van der Waals surface area contributed by atoms with Crippen LogP contribution in [-0.2, 0) is 9.31 Å². The van der Waals surface area contributed by atoms with Gasteiger partial charge < -0.3 is 9.31 Å². The summed E-state index contributed by atoms with van der Waals surface area (Å²) in [4.78, 5) is 7.94. The minimum atomic E-state index is -0.328. The molecule has 0 aromatic carbocycles. The van der Waals surface area contributed by atoms with Crippen LogP contribution in [0.4, 0.5) is 0 Å². The molecule has 0 spiro atoms. The van der Waals surface area contributed by atoms with Gasteiger partial charge in [-0.1, -0.05) is 13.8 Å². The summed E-state index contributed by atoms with van der Waals surface area (Å²) in [7, 11) is -0.328. The van der Waals surface area contributed by atoms with Gasteiger partial charge in [0.05, 0.1) is 5.59 Å². The fourth-order valence-electron chi connectivity index (χ4n) is 1.30. The molecule has 0 aliphatic carbocycles. The third-order valence-electron chi connectivity index (χ3n) is 2.10. The van der Waals surface area contributed by atoms with Crippen LogP contribution in [0.15, 0.2) is 18.6 Å². The van der Waals surface area contributed by atoms with Crippen LogP contribution in [0.25, 0.3) is 0 Å². The van der Waals surface area contributed by atoms with Crippen LogP contribution in [0.2, 0.25) is 0 Å². The standard InChI is InChI=1S/C9H13BN2O2/c1-9(2)5-13-10(14-6-9)8-3-4-11-7-12-8/h3-4,7H,5-6H2,1-2H3. The maximum atomic E-state index is 5.57. The average Bonchev–Trinajstić information content (AvgIpc) is 2.19. The largest absolute Gasteiger partial charge is 0.513 e. The van der Waals surface area contributed by atoms with Gasteiger partial charge >= 0.3 is 7.12 Å². The van der Waals surface area contributed by atoms with Gasteiger partial charge in [-0.15, -0.1) is 0 Å². The van der Waals surface area contributed by atoms with E-state index in [-0.39, 0.29) is 12.5 Å². The van der Waals surface area contributed by atoms with Gasteiger partial charge in [-0.25, -0.2) is 9.97 Å². The number of nitrogens with zero attached hydrogens (tertiary/aromatic N) is 2. The van der Waals surface area contributed by atoms with Crippen molar-refractivity contribution in [3.63, 3.8) is 0 Å². The van der Waals surface area contributed by atoms with E-state index in [4.69, 9.17) is 9.31 Å². The lowest BCUT2D eigenvalue weighted by atomic mass is 9.80. The Bertz CT molecular complexity index is 295. The van der Waals surface area contributed by atoms with Crippen molar-refractivity contribution in [2.45, 2.75) is 13.8 Å². The van der Waals surface area contributed by atoms with Gasteiger partial charge in [0.1, 0.15) is 6.33 Å². The summed E-state index contributed by atoms with van der Waals surface area (Å²) in [5.41, 5.74) is 0.888. The van der Waals surface area contributed by atoms with Crippen LogP contribution in [0.1, 0.15) is 13.8 Å². The number of rotatable bonds is 1. The Labute approximate surface area is 83.8 Å². The zero-order valence-corrected chi connectivity index (χ0v) is 8.43. The van der Waals surface area contributed by atoms with E-state index >= 15 is 0 Å². The Morgan fingerprint density at radius 1 is 1.36 bits per heavy atom. The molecule has 1 saturated heterocycles. The molecule has 1 fully saturated rings. The van der Waals surface area contributed by atoms with E-state index in [1.807, 2.05) is 6.07 Å². The summed E-state index contributed by atoms with van der Waals surface area (Å²) in [6, 6.07) is 1.81. The van der Waals surface area contributed by atoms with Crippen LogP contribution in [0, 0.1) is 5.41 Å². The van der Waals surface area contributed by atoms with Gasteiger partial charge in [-0.3, -0.25) is 0 Å². The van der Waals surface area contributed by atoms with Crippen LogP contribution >= 0.6 is 0 Å². The van der Waals surface area contributed by atoms with Gasteiger partial charge in [0.15, 0.2) is 0 Å². The average molecular weight is 192 g/mol. The first kappa shape index (κ1) is 9.61. The molecule has 4 nitrogen and oxygen atoms in total. The summed E-state index contributed by atoms with van der Waals surface area (Å²) >= 11 is 0. The second-order valence-corrected chi connectivity index (χ2v) is 4.25. The molecule has 0 unspecified atom stereocenters. The number of hydrogen-bond acceptors (Lipinski definition) is 4. The third-order valence-corrected chi connectivity index (χ3v) is 2.10. The minimum Gasteiger partial charge on any atom is -0.406 e. The van der Waals surface area contributed by atoms with E-state index in [0.29, 0.717) is 13.2 Å². The van der Waals surface area contributed by atoms with E-state index in [9.17, 15) is 0 Å². The molecule has 5 heteroatoms. The molecule has 1 aromatic heterocycles. The number of aromatic nitrogens is 2. The van der Waals surface area contributed by atoms with E-state index in [0.717, 1.165) is 5.59 Å². The highest BCUT2D eigenvalue weighted by Crippen LogP contribution is 2.20. The highest BCUT2D eigenvalue weighted by Gasteiger charge is 2.34. The summed E-state index contributed by atoms with van der Waals surface area (Å²) in [5, 5.41) is 0. The summed E-state index contributed by atoms with van der Waals surface area (Å²) < 4.78 is 11.1. The third kappa shape index (κ3) is 2.11. The van der Waals surface area contributed by atoms with Crippen LogP contribution in [0.3, 0.4) is 0 Å². The van der Waals surface area contributed by atoms with Crippen molar-refractivity contribution < 1.29 is 9.31 Å². The van der Waals surface area contributed by atoms with Crippen molar-refractivity contribution >= 4 is 12.7 Å². The van der Waals surface area contributed by atoms with Crippen molar-refractivity contribution in [1.29, 1.82) is 0 Å². The highest BCUT2D eigenvalue weighted by atomic mass is 16.6. The molecule has 2 rings (SSSR count). The van der Waals surface area contributed by atoms with Crippen molar-refractivity contribution in [3.05, 3.63) is 18.6 Å². The highest BCUT2D eigenvalue weighted by molar-refractivity contribution is 6.60. The fraction of sp³-hybridized carbons (Fsp3) is 0.556. The smallest absolute Gasteiger partial charge is 0.406 e. The van der Waals surface area contributed by atoms with Crippen molar-refractivity contribution in [1.82, 2.24) is 9.97 Å². The molecule has 74 valence electrons. The van der Waals surface area contributed by atoms with E-state index in [2.05, 4.69) is 23.8 Å². The van der Waals surface area contributed by atoms with Gasteiger partial charge in [0, 0.05) is 24.8 Å². The molecule has 0 radical (unpaired) electrons. The fourth-order valence-corrected chi connectivity index (χ4v) is 1.30. The van der Waals surface area contributed by atoms with Gasteiger partial charge in [0.2, 0.25) is 0 Å². The zero-order chi connectivity index (χ0) is 10.0. The predicted octanol–water partition coefficient (Wildman–Crippen LogP) is 0.245. The SMILES string of the molecule is CC1(C)COB(c2ccncn2)OC1. The summed E-state index contributed by atoms with van der Waals surface area (Å²) in [5.74, 6) is 0. The Morgan fingerprint density at radius 3 is 2.64 bits per heavy atom. The van der Waals surface area contributed by atoms with Crippen molar-refractivity contribution in [2.75, 3.05) is 13.2 Å². The second kappa shape index (κ2) is 3.67. The quantitative estimate of drug-likeness (QED) is 0.598. The maximum Gasteiger partial charge on any atom is 0.513 e. The molecule has 0 amide bonds. The normalized spacial score (nSPS) is 20.9. The monoisotopic (exact) mass is 192 g/mol. The summed E-state index contributed by atoms with van der Waals surface area (Å²) in [6.45, 7) is 5.62. The molecular weight excluding hydrogens is 179 g/mol. The lowest BCUT2D eigenvalue weighted by molar-refractivity contribution is 0.0339.